The maximum absolute atomic E-state index is 12.4. The Labute approximate surface area is 207 Å². The first kappa shape index (κ1) is 26.0. The molecule has 0 spiro atoms. The number of benzene rings is 3. The fraction of sp³-hybridized carbons (Fsp3) is 0.0909. The third kappa shape index (κ3) is 6.94. The molecule has 4 amide bonds. The Hall–Kier alpha value is -3.61. The van der Waals surface area contributed by atoms with Crippen LogP contribution in [0, 0.1) is 13.8 Å². The molecule has 0 aliphatic heterocycles. The van der Waals surface area contributed by atoms with Crippen molar-refractivity contribution in [3.63, 3.8) is 0 Å². The lowest BCUT2D eigenvalue weighted by atomic mass is 10.2. The monoisotopic (exact) mass is 536 g/mol. The molecule has 10 nitrogen and oxygen atoms in total. The standard InChI is InChI=1S/C22H21ClN4O6S2/c1-14-3-8-17(9-4-14)34(30,31)26-21(28)24-19-12-7-16(23)13-20(19)25-22(29)27-35(32,33)18-10-5-15(2)6-11-18/h3-13H,1-2H3,(H2,24,26,28)(H2,25,27,29). The van der Waals surface area contributed by atoms with Crippen molar-refractivity contribution in [3.05, 3.63) is 82.9 Å². The number of carbonyl (C=O) groups excluding carboxylic acids is 2. The lowest BCUT2D eigenvalue weighted by molar-refractivity contribution is 0.255. The molecule has 0 bridgehead atoms. The first-order chi connectivity index (χ1) is 16.4. The second kappa shape index (κ2) is 10.3. The summed E-state index contributed by atoms with van der Waals surface area (Å²) < 4.78 is 53.5. The van der Waals surface area contributed by atoms with Gasteiger partial charge in [-0.15, -0.1) is 0 Å². The summed E-state index contributed by atoms with van der Waals surface area (Å²) in [4.78, 5) is 24.5. The van der Waals surface area contributed by atoms with E-state index in [1.807, 2.05) is 9.44 Å². The smallest absolute Gasteiger partial charge is 0.305 e. The van der Waals surface area contributed by atoms with E-state index in [1.54, 1.807) is 38.1 Å². The van der Waals surface area contributed by atoms with Gasteiger partial charge in [0.25, 0.3) is 20.0 Å². The molecular weight excluding hydrogens is 516 g/mol. The summed E-state index contributed by atoms with van der Waals surface area (Å²) in [5.74, 6) is 0. The Morgan fingerprint density at radius 3 is 1.46 bits per heavy atom. The Kier molecular flexibility index (Phi) is 7.68. The van der Waals surface area contributed by atoms with E-state index < -0.39 is 32.1 Å². The molecule has 0 radical (unpaired) electrons. The molecule has 4 N–H and O–H groups in total. The van der Waals surface area contributed by atoms with Crippen molar-refractivity contribution in [3.8, 4) is 0 Å². The van der Waals surface area contributed by atoms with Crippen molar-refractivity contribution in [2.45, 2.75) is 23.6 Å². The van der Waals surface area contributed by atoms with Gasteiger partial charge in [0.05, 0.1) is 21.2 Å². The van der Waals surface area contributed by atoms with Crippen LogP contribution in [-0.2, 0) is 20.0 Å². The summed E-state index contributed by atoms with van der Waals surface area (Å²) >= 11 is 5.97. The minimum atomic E-state index is -4.17. The fourth-order valence-electron chi connectivity index (χ4n) is 2.82. The maximum Gasteiger partial charge on any atom is 0.333 e. The number of carbonyl (C=O) groups is 2. The van der Waals surface area contributed by atoms with E-state index >= 15 is 0 Å². The van der Waals surface area contributed by atoms with E-state index in [4.69, 9.17) is 11.6 Å². The quantitative estimate of drug-likeness (QED) is 0.374. The molecule has 35 heavy (non-hydrogen) atoms. The van der Waals surface area contributed by atoms with E-state index in [-0.39, 0.29) is 26.2 Å². The van der Waals surface area contributed by atoms with Gasteiger partial charge in [0.15, 0.2) is 0 Å². The van der Waals surface area contributed by atoms with Crippen LogP contribution in [0.1, 0.15) is 11.1 Å². The minimum Gasteiger partial charge on any atom is -0.305 e. The molecule has 0 unspecified atom stereocenters. The van der Waals surface area contributed by atoms with E-state index in [2.05, 4.69) is 10.6 Å². The Bertz CT molecular complexity index is 1470. The van der Waals surface area contributed by atoms with Gasteiger partial charge in [0.2, 0.25) is 0 Å². The summed E-state index contributed by atoms with van der Waals surface area (Å²) in [6.07, 6.45) is 0. The van der Waals surface area contributed by atoms with Gasteiger partial charge in [-0.1, -0.05) is 47.0 Å². The van der Waals surface area contributed by atoms with E-state index in [1.165, 1.54) is 42.5 Å². The summed E-state index contributed by atoms with van der Waals surface area (Å²) in [5.41, 5.74) is 1.57. The molecular formula is C22H21ClN4O6S2. The lowest BCUT2D eigenvalue weighted by Crippen LogP contribution is -2.36. The average Bonchev–Trinajstić information content (AvgIpc) is 2.75. The highest BCUT2D eigenvalue weighted by atomic mass is 35.5. The highest BCUT2D eigenvalue weighted by molar-refractivity contribution is 7.90. The zero-order valence-corrected chi connectivity index (χ0v) is 20.9. The predicted octanol–water partition coefficient (Wildman–Crippen LogP) is 3.98. The molecule has 0 saturated heterocycles. The summed E-state index contributed by atoms with van der Waals surface area (Å²) in [7, 11) is -8.34. The lowest BCUT2D eigenvalue weighted by Gasteiger charge is -2.14. The van der Waals surface area contributed by atoms with Gasteiger partial charge in [-0.3, -0.25) is 0 Å². The highest BCUT2D eigenvalue weighted by Gasteiger charge is 2.21. The van der Waals surface area contributed by atoms with Gasteiger partial charge in [0, 0.05) is 5.02 Å². The number of hydrogen-bond donors (Lipinski definition) is 4. The highest BCUT2D eigenvalue weighted by Crippen LogP contribution is 2.26. The van der Waals surface area contributed by atoms with Crippen LogP contribution >= 0.6 is 11.6 Å². The van der Waals surface area contributed by atoms with Crippen molar-refractivity contribution >= 4 is 55.1 Å². The van der Waals surface area contributed by atoms with Gasteiger partial charge >= 0.3 is 12.1 Å². The van der Waals surface area contributed by atoms with Crippen LogP contribution in [-0.4, -0.2) is 28.9 Å². The molecule has 0 saturated carbocycles. The molecule has 0 fully saturated rings. The molecule has 0 atom stereocenters. The SMILES string of the molecule is Cc1ccc(S(=O)(=O)NC(=O)Nc2ccc(Cl)cc2NC(=O)NS(=O)(=O)c2ccc(C)cc2)cc1. The first-order valence-electron chi connectivity index (χ1n) is 9.96. The van der Waals surface area contributed by atoms with Gasteiger partial charge in [0.1, 0.15) is 0 Å². The third-order valence-electron chi connectivity index (χ3n) is 4.59. The van der Waals surface area contributed by atoms with E-state index in [9.17, 15) is 26.4 Å². The maximum atomic E-state index is 12.4. The normalized spacial score (nSPS) is 11.4. The van der Waals surface area contributed by atoms with Crippen molar-refractivity contribution in [1.82, 2.24) is 9.44 Å². The summed E-state index contributed by atoms with van der Waals surface area (Å²) in [6, 6.07) is 13.4. The van der Waals surface area contributed by atoms with Gasteiger partial charge in [-0.2, -0.15) is 0 Å². The van der Waals surface area contributed by atoms with Crippen LogP contribution in [0.4, 0.5) is 21.0 Å². The number of hydrogen-bond acceptors (Lipinski definition) is 6. The minimum absolute atomic E-state index is 0.0334. The van der Waals surface area contributed by atoms with Crippen molar-refractivity contribution < 1.29 is 26.4 Å². The molecule has 0 aliphatic rings. The first-order valence-corrected chi connectivity index (χ1v) is 13.3. The van der Waals surface area contributed by atoms with Crippen molar-refractivity contribution in [2.75, 3.05) is 10.6 Å². The Morgan fingerprint density at radius 1 is 0.629 bits per heavy atom. The Morgan fingerprint density at radius 2 is 1.03 bits per heavy atom. The number of sulfonamides is 2. The topological polar surface area (TPSA) is 151 Å². The van der Waals surface area contributed by atoms with Crippen LogP contribution in [0.2, 0.25) is 5.02 Å². The molecule has 0 aliphatic carbocycles. The summed E-state index contributed by atoms with van der Waals surface area (Å²) in [5, 5.41) is 4.76. The zero-order valence-electron chi connectivity index (χ0n) is 18.5. The van der Waals surface area contributed by atoms with E-state index in [0.717, 1.165) is 11.1 Å². The third-order valence-corrected chi connectivity index (χ3v) is 7.52. The van der Waals surface area contributed by atoms with Gasteiger partial charge in [-0.05, 0) is 56.3 Å². The number of urea groups is 2. The van der Waals surface area contributed by atoms with Crippen LogP contribution in [0.15, 0.2) is 76.5 Å². The number of rotatable bonds is 6. The number of halogens is 1. The Balaban J connectivity index is 1.73. The molecule has 184 valence electrons. The molecule has 3 aromatic carbocycles. The van der Waals surface area contributed by atoms with Crippen LogP contribution in [0.3, 0.4) is 0 Å². The molecule has 0 aromatic heterocycles. The van der Waals surface area contributed by atoms with Gasteiger partial charge < -0.3 is 10.6 Å². The second-order valence-corrected chi connectivity index (χ2v) is 11.2. The van der Waals surface area contributed by atoms with E-state index in [0.29, 0.717) is 0 Å². The van der Waals surface area contributed by atoms with Crippen molar-refractivity contribution in [2.24, 2.45) is 0 Å². The second-order valence-electron chi connectivity index (χ2n) is 7.44. The van der Waals surface area contributed by atoms with Crippen molar-refractivity contribution in [1.29, 1.82) is 0 Å². The van der Waals surface area contributed by atoms with Crippen LogP contribution in [0.25, 0.3) is 0 Å². The molecule has 3 rings (SSSR count). The molecule has 3 aromatic rings. The predicted molar refractivity (Wildman–Crippen MR) is 132 cm³/mol. The summed E-state index contributed by atoms with van der Waals surface area (Å²) in [6.45, 7) is 3.57. The molecule has 13 heteroatoms. The zero-order chi connectivity index (χ0) is 25.8. The fourth-order valence-corrected chi connectivity index (χ4v) is 4.81. The number of aryl methyl sites for hydroxylation is 2. The largest absolute Gasteiger partial charge is 0.333 e. The van der Waals surface area contributed by atoms with Crippen LogP contribution < -0.4 is 20.1 Å². The van der Waals surface area contributed by atoms with Crippen LogP contribution in [0.5, 0.6) is 0 Å². The average molecular weight is 537 g/mol. The number of amides is 4. The number of anilines is 2. The number of nitrogens with one attached hydrogen (secondary N) is 4. The van der Waals surface area contributed by atoms with Gasteiger partial charge in [-0.25, -0.2) is 35.9 Å². The molecule has 0 heterocycles.